The molecule has 0 radical (unpaired) electrons. The first-order valence-electron chi connectivity index (χ1n) is 10.4. The number of rotatable bonds is 7. The van der Waals surface area contributed by atoms with Crippen molar-refractivity contribution < 1.29 is 28.2 Å². The molecule has 0 atom stereocenters. The third-order valence-electron chi connectivity index (χ3n) is 5.11. The number of ether oxygens (including phenoxy) is 2. The fraction of sp³-hybridized carbons (Fsp3) is 0.115. The number of carbonyl (C=O) groups excluding carboxylic acids is 3. The van der Waals surface area contributed by atoms with Crippen LogP contribution in [0.1, 0.15) is 11.1 Å². The molecule has 0 unspecified atom stereocenters. The monoisotopic (exact) mass is 460 g/mol. The number of hydrogen-bond donors (Lipinski definition) is 0. The van der Waals surface area contributed by atoms with Crippen molar-refractivity contribution >= 4 is 29.6 Å². The van der Waals surface area contributed by atoms with Gasteiger partial charge in [0.05, 0.1) is 5.69 Å². The molecule has 1 heterocycles. The molecule has 172 valence electrons. The summed E-state index contributed by atoms with van der Waals surface area (Å²) in [6.07, 6.45) is 1.43. The fourth-order valence-electron chi connectivity index (χ4n) is 3.40. The summed E-state index contributed by atoms with van der Waals surface area (Å²) in [6, 6.07) is 20.4. The van der Waals surface area contributed by atoms with E-state index in [4.69, 9.17) is 9.47 Å². The zero-order valence-corrected chi connectivity index (χ0v) is 18.3. The highest BCUT2D eigenvalue weighted by atomic mass is 19.1. The third-order valence-corrected chi connectivity index (χ3v) is 5.11. The lowest BCUT2D eigenvalue weighted by Gasteiger charge is -2.33. The molecule has 1 saturated heterocycles. The minimum absolute atomic E-state index is 0.166. The zero-order valence-electron chi connectivity index (χ0n) is 18.3. The smallest absolute Gasteiger partial charge is 0.340 e. The van der Waals surface area contributed by atoms with Gasteiger partial charge < -0.3 is 9.47 Å². The first kappa shape index (κ1) is 22.9. The lowest BCUT2D eigenvalue weighted by atomic mass is 10.1. The second kappa shape index (κ2) is 10.1. The maximum Gasteiger partial charge on any atom is 0.340 e. The standard InChI is InChI=1S/C26H21FN2O5/c1-33-17-28-24(30)23(25(31)29(26(28)32)21-5-3-2-4-6-21)15-18-9-13-22(14-10-18)34-16-19-7-11-20(27)12-8-19/h2-15H,16-17H2,1H3/b23-15-. The van der Waals surface area contributed by atoms with Crippen molar-refractivity contribution in [1.82, 2.24) is 4.90 Å². The van der Waals surface area contributed by atoms with Gasteiger partial charge in [-0.25, -0.2) is 19.0 Å². The van der Waals surface area contributed by atoms with Crippen LogP contribution in [0.15, 0.2) is 84.4 Å². The Hall–Kier alpha value is -4.30. The maximum atomic E-state index is 13.1. The van der Waals surface area contributed by atoms with Gasteiger partial charge in [-0.1, -0.05) is 42.5 Å². The summed E-state index contributed by atoms with van der Waals surface area (Å²) in [6.45, 7) is -0.0282. The Bertz CT molecular complexity index is 1220. The van der Waals surface area contributed by atoms with Crippen LogP contribution in [0.3, 0.4) is 0 Å². The number of imide groups is 2. The number of amides is 4. The van der Waals surface area contributed by atoms with Gasteiger partial charge in [0.15, 0.2) is 0 Å². The van der Waals surface area contributed by atoms with E-state index < -0.39 is 17.8 Å². The molecule has 0 bridgehead atoms. The van der Waals surface area contributed by atoms with Crippen LogP contribution in [0.5, 0.6) is 5.75 Å². The molecule has 0 aliphatic carbocycles. The summed E-state index contributed by atoms with van der Waals surface area (Å²) in [7, 11) is 1.36. The Kier molecular flexibility index (Phi) is 6.79. The van der Waals surface area contributed by atoms with E-state index in [1.165, 1.54) is 25.3 Å². The number of methoxy groups -OCH3 is 1. The Labute approximate surface area is 195 Å². The molecule has 1 aliphatic rings. The number of hydrogen-bond acceptors (Lipinski definition) is 5. The van der Waals surface area contributed by atoms with Crippen molar-refractivity contribution in [3.05, 3.63) is 101 Å². The topological polar surface area (TPSA) is 76.2 Å². The second-order valence-electron chi connectivity index (χ2n) is 7.45. The van der Waals surface area contributed by atoms with Gasteiger partial charge in [-0.3, -0.25) is 9.59 Å². The number of barbiturate groups is 1. The molecule has 8 heteroatoms. The molecule has 3 aromatic carbocycles. The van der Waals surface area contributed by atoms with Gasteiger partial charge in [-0.05, 0) is 53.6 Å². The minimum Gasteiger partial charge on any atom is -0.489 e. The van der Waals surface area contributed by atoms with E-state index in [0.717, 1.165) is 15.4 Å². The van der Waals surface area contributed by atoms with Gasteiger partial charge in [0.25, 0.3) is 11.8 Å². The molecule has 0 spiro atoms. The molecule has 0 saturated carbocycles. The number of halogens is 1. The summed E-state index contributed by atoms with van der Waals surface area (Å²) in [5.41, 5.74) is 1.57. The maximum absolute atomic E-state index is 13.1. The average Bonchev–Trinajstić information content (AvgIpc) is 2.85. The van der Waals surface area contributed by atoms with Crippen molar-refractivity contribution in [3.63, 3.8) is 0 Å². The lowest BCUT2D eigenvalue weighted by molar-refractivity contribution is -0.131. The van der Waals surface area contributed by atoms with Crippen molar-refractivity contribution in [2.24, 2.45) is 0 Å². The number of benzene rings is 3. The zero-order chi connectivity index (χ0) is 24.1. The number of nitrogens with zero attached hydrogens (tertiary/aromatic N) is 2. The van der Waals surface area contributed by atoms with Gasteiger partial charge in [0.1, 0.15) is 30.5 Å². The van der Waals surface area contributed by atoms with E-state index >= 15 is 0 Å². The van der Waals surface area contributed by atoms with E-state index in [1.54, 1.807) is 66.7 Å². The summed E-state index contributed by atoms with van der Waals surface area (Å²) in [5, 5.41) is 0. The molecule has 4 amide bonds. The second-order valence-corrected chi connectivity index (χ2v) is 7.45. The van der Waals surface area contributed by atoms with Gasteiger partial charge in [0.2, 0.25) is 0 Å². The van der Waals surface area contributed by atoms with Gasteiger partial charge in [0, 0.05) is 7.11 Å². The summed E-state index contributed by atoms with van der Waals surface area (Å²) >= 11 is 0. The van der Waals surface area contributed by atoms with Crippen molar-refractivity contribution in [1.29, 1.82) is 0 Å². The minimum atomic E-state index is -0.773. The Balaban J connectivity index is 1.57. The molecule has 34 heavy (non-hydrogen) atoms. The molecule has 1 aliphatic heterocycles. The number of urea groups is 1. The number of para-hydroxylation sites is 1. The normalized spacial score (nSPS) is 15.2. The highest BCUT2D eigenvalue weighted by molar-refractivity contribution is 6.39. The van der Waals surface area contributed by atoms with Crippen LogP contribution in [0, 0.1) is 5.82 Å². The predicted octanol–water partition coefficient (Wildman–Crippen LogP) is 4.39. The van der Waals surface area contributed by atoms with E-state index in [0.29, 0.717) is 17.0 Å². The molecular weight excluding hydrogens is 439 g/mol. The molecule has 3 aromatic rings. The van der Waals surface area contributed by atoms with Crippen LogP contribution < -0.4 is 9.64 Å². The first-order valence-corrected chi connectivity index (χ1v) is 10.4. The third kappa shape index (κ3) is 4.87. The number of carbonyl (C=O) groups is 3. The van der Waals surface area contributed by atoms with E-state index in [9.17, 15) is 18.8 Å². The van der Waals surface area contributed by atoms with Crippen LogP contribution in [0.4, 0.5) is 14.9 Å². The molecular formula is C26H21FN2O5. The largest absolute Gasteiger partial charge is 0.489 e. The van der Waals surface area contributed by atoms with Crippen LogP contribution in [-0.4, -0.2) is 36.6 Å². The summed E-state index contributed by atoms with van der Waals surface area (Å²) in [5.74, 6) is -1.20. The van der Waals surface area contributed by atoms with Gasteiger partial charge in [-0.2, -0.15) is 0 Å². The van der Waals surface area contributed by atoms with Gasteiger partial charge in [-0.15, -0.1) is 0 Å². The fourth-order valence-corrected chi connectivity index (χ4v) is 3.40. The number of anilines is 1. The van der Waals surface area contributed by atoms with Crippen LogP contribution in [0.2, 0.25) is 0 Å². The SMILES string of the molecule is COCN1C(=O)/C(=C/c2ccc(OCc3ccc(F)cc3)cc2)C(=O)N(c2ccccc2)C1=O. The molecule has 0 aromatic heterocycles. The van der Waals surface area contributed by atoms with Crippen molar-refractivity contribution in [3.8, 4) is 5.75 Å². The van der Waals surface area contributed by atoms with E-state index in [1.807, 2.05) is 0 Å². The highest BCUT2D eigenvalue weighted by Gasteiger charge is 2.42. The molecule has 0 N–H and O–H groups in total. The van der Waals surface area contributed by atoms with Crippen molar-refractivity contribution in [2.45, 2.75) is 6.61 Å². The highest BCUT2D eigenvalue weighted by Crippen LogP contribution is 2.26. The van der Waals surface area contributed by atoms with Crippen LogP contribution in [0.25, 0.3) is 6.08 Å². The van der Waals surface area contributed by atoms with Gasteiger partial charge >= 0.3 is 6.03 Å². The summed E-state index contributed by atoms with van der Waals surface area (Å²) in [4.78, 5) is 40.8. The van der Waals surface area contributed by atoms with Crippen LogP contribution >= 0.6 is 0 Å². The molecule has 4 rings (SSSR count). The Morgan fingerprint density at radius 3 is 2.18 bits per heavy atom. The Morgan fingerprint density at radius 1 is 0.853 bits per heavy atom. The molecule has 1 fully saturated rings. The average molecular weight is 460 g/mol. The molecule has 7 nitrogen and oxygen atoms in total. The lowest BCUT2D eigenvalue weighted by Crippen LogP contribution is -2.57. The predicted molar refractivity (Wildman–Crippen MR) is 123 cm³/mol. The van der Waals surface area contributed by atoms with E-state index in [-0.39, 0.29) is 24.7 Å². The Morgan fingerprint density at radius 2 is 1.53 bits per heavy atom. The van der Waals surface area contributed by atoms with Crippen molar-refractivity contribution in [2.75, 3.05) is 18.7 Å². The summed E-state index contributed by atoms with van der Waals surface area (Å²) < 4.78 is 23.7. The first-order chi connectivity index (χ1) is 16.5. The van der Waals surface area contributed by atoms with Crippen LogP contribution in [-0.2, 0) is 20.9 Å². The quantitative estimate of drug-likeness (QED) is 0.386. The van der Waals surface area contributed by atoms with E-state index in [2.05, 4.69) is 0 Å².